The first kappa shape index (κ1) is 22.6. The molecule has 5 nitrogen and oxygen atoms in total. The van der Waals surface area contributed by atoms with E-state index in [1.807, 2.05) is 34.9 Å². The average Bonchev–Trinajstić information content (AvgIpc) is 3.40. The van der Waals surface area contributed by atoms with E-state index in [4.69, 9.17) is 11.6 Å². The second-order valence-electron chi connectivity index (χ2n) is 9.96. The number of aryl methyl sites for hydroxylation is 1. The van der Waals surface area contributed by atoms with Gasteiger partial charge >= 0.3 is 5.69 Å². The van der Waals surface area contributed by atoms with Crippen molar-refractivity contribution in [2.75, 3.05) is 32.7 Å². The van der Waals surface area contributed by atoms with Crippen molar-refractivity contribution < 1.29 is 0 Å². The molecule has 1 fully saturated rings. The molecule has 0 spiro atoms. The maximum Gasteiger partial charge on any atom is 0.326 e. The number of aromatic amines is 1. The van der Waals surface area contributed by atoms with Gasteiger partial charge in [0.15, 0.2) is 0 Å². The molecule has 1 aliphatic heterocycles. The number of benzene rings is 3. The Morgan fingerprint density at radius 1 is 0.914 bits per heavy atom. The fourth-order valence-electron chi connectivity index (χ4n) is 5.96. The Kier molecular flexibility index (Phi) is 6.01. The van der Waals surface area contributed by atoms with Crippen molar-refractivity contribution in [3.05, 3.63) is 104 Å². The lowest BCUT2D eigenvalue weighted by Gasteiger charge is -2.38. The summed E-state index contributed by atoms with van der Waals surface area (Å²) < 4.78 is 1.87. The minimum atomic E-state index is -0.0202. The molecular formula is C29H31ClN4O. The summed E-state index contributed by atoms with van der Waals surface area (Å²) in [5.41, 5.74) is 7.36. The van der Waals surface area contributed by atoms with E-state index in [1.54, 1.807) is 0 Å². The van der Waals surface area contributed by atoms with Crippen molar-refractivity contribution in [3.8, 4) is 0 Å². The van der Waals surface area contributed by atoms with Crippen molar-refractivity contribution in [2.45, 2.75) is 31.8 Å². The maximum absolute atomic E-state index is 12.4. The Balaban J connectivity index is 1.14. The molecule has 2 aliphatic rings. The molecule has 1 N–H and O–H groups in total. The first-order chi connectivity index (χ1) is 17.1. The van der Waals surface area contributed by atoms with Gasteiger partial charge in [-0.25, -0.2) is 4.79 Å². The summed E-state index contributed by atoms with van der Waals surface area (Å²) in [4.78, 5) is 20.5. The van der Waals surface area contributed by atoms with Gasteiger partial charge in [-0.3, -0.25) is 14.4 Å². The number of piperazine rings is 1. The number of imidazole rings is 1. The van der Waals surface area contributed by atoms with Crippen LogP contribution >= 0.6 is 11.6 Å². The number of H-pyrrole nitrogens is 1. The normalized spacial score (nSPS) is 21.0. The van der Waals surface area contributed by atoms with E-state index >= 15 is 0 Å². The van der Waals surface area contributed by atoms with Crippen LogP contribution in [0.1, 0.15) is 40.6 Å². The van der Waals surface area contributed by atoms with Crippen LogP contribution in [-0.4, -0.2) is 52.1 Å². The fraction of sp³-hybridized carbons (Fsp3) is 0.345. The highest BCUT2D eigenvalue weighted by Crippen LogP contribution is 2.47. The topological polar surface area (TPSA) is 44.3 Å². The molecule has 0 amide bonds. The van der Waals surface area contributed by atoms with E-state index in [9.17, 15) is 4.79 Å². The minimum Gasteiger partial charge on any atom is -0.306 e. The molecule has 6 rings (SSSR count). The number of para-hydroxylation sites is 2. The van der Waals surface area contributed by atoms with Gasteiger partial charge in [0.05, 0.1) is 11.0 Å². The molecule has 35 heavy (non-hydrogen) atoms. The summed E-state index contributed by atoms with van der Waals surface area (Å²) in [6, 6.07) is 23.8. The molecule has 0 radical (unpaired) electrons. The predicted molar refractivity (Wildman–Crippen MR) is 142 cm³/mol. The van der Waals surface area contributed by atoms with Gasteiger partial charge in [-0.05, 0) is 54.3 Å². The van der Waals surface area contributed by atoms with Gasteiger partial charge in [0.25, 0.3) is 0 Å². The average molecular weight is 487 g/mol. The smallest absolute Gasteiger partial charge is 0.306 e. The molecule has 0 saturated carbocycles. The first-order valence-electron chi connectivity index (χ1n) is 12.6. The van der Waals surface area contributed by atoms with E-state index in [1.165, 1.54) is 22.3 Å². The van der Waals surface area contributed by atoms with Gasteiger partial charge in [-0.15, -0.1) is 0 Å². The zero-order chi connectivity index (χ0) is 23.9. The molecule has 1 aromatic heterocycles. The number of hydrogen-bond acceptors (Lipinski definition) is 3. The minimum absolute atomic E-state index is 0.0202. The quantitative estimate of drug-likeness (QED) is 0.422. The molecule has 2 atom stereocenters. The van der Waals surface area contributed by atoms with Gasteiger partial charge in [-0.2, -0.15) is 0 Å². The molecule has 1 aliphatic carbocycles. The number of halogens is 1. The Morgan fingerprint density at radius 3 is 2.49 bits per heavy atom. The highest BCUT2D eigenvalue weighted by atomic mass is 35.5. The van der Waals surface area contributed by atoms with E-state index in [2.05, 4.69) is 58.1 Å². The largest absolute Gasteiger partial charge is 0.326 e. The maximum atomic E-state index is 12.4. The van der Waals surface area contributed by atoms with Crippen molar-refractivity contribution in [1.82, 2.24) is 19.4 Å². The summed E-state index contributed by atoms with van der Waals surface area (Å²) >= 11 is 6.43. The summed E-state index contributed by atoms with van der Waals surface area (Å²) in [5, 5.41) is 0.818. The zero-order valence-electron chi connectivity index (χ0n) is 20.1. The first-order valence-corrected chi connectivity index (χ1v) is 12.9. The van der Waals surface area contributed by atoms with E-state index < -0.39 is 0 Å². The molecular weight excluding hydrogens is 456 g/mol. The Morgan fingerprint density at radius 2 is 1.69 bits per heavy atom. The Hall–Kier alpha value is -2.86. The predicted octanol–water partition coefficient (Wildman–Crippen LogP) is 5.19. The van der Waals surface area contributed by atoms with Crippen LogP contribution in [0.4, 0.5) is 0 Å². The fourth-order valence-corrected chi connectivity index (χ4v) is 6.14. The lowest BCUT2D eigenvalue weighted by molar-refractivity contribution is 0.0927. The molecule has 1 saturated heterocycles. The van der Waals surface area contributed by atoms with Crippen LogP contribution in [0.3, 0.4) is 0 Å². The summed E-state index contributed by atoms with van der Waals surface area (Å²) in [6.07, 6.45) is 1.10. The lowest BCUT2D eigenvalue weighted by Crippen LogP contribution is -2.48. The third-order valence-electron chi connectivity index (χ3n) is 7.89. The Bertz CT molecular complexity index is 1400. The van der Waals surface area contributed by atoms with E-state index in [-0.39, 0.29) is 5.69 Å². The third kappa shape index (κ3) is 4.33. The van der Waals surface area contributed by atoms with Crippen molar-refractivity contribution in [3.63, 3.8) is 0 Å². The molecule has 0 unspecified atom stereocenters. The monoisotopic (exact) mass is 486 g/mol. The van der Waals surface area contributed by atoms with Crippen LogP contribution in [-0.2, 0) is 6.54 Å². The molecule has 4 aromatic rings. The molecule has 180 valence electrons. The number of hydrogen-bond donors (Lipinski definition) is 1. The highest BCUT2D eigenvalue weighted by Gasteiger charge is 2.36. The van der Waals surface area contributed by atoms with Crippen LogP contribution in [0.2, 0.25) is 5.02 Å². The second kappa shape index (κ2) is 9.30. The molecule has 2 heterocycles. The van der Waals surface area contributed by atoms with Gasteiger partial charge < -0.3 is 4.98 Å². The summed E-state index contributed by atoms with van der Waals surface area (Å²) in [5.74, 6) is 0.390. The van der Waals surface area contributed by atoms with Crippen molar-refractivity contribution in [2.24, 2.45) is 0 Å². The van der Waals surface area contributed by atoms with Gasteiger partial charge in [-0.1, -0.05) is 59.6 Å². The standard InChI is InChI=1S/C29H31ClN4O/c1-20-6-8-21(9-7-20)24-19-28(23-11-10-22(30)18-25(23)24)33-15-12-32(13-16-33)14-17-34-27-5-3-2-4-26(27)31-29(34)35/h2-11,18,24,28H,12-17,19H2,1H3,(H,31,35)/t24-,28+/m1/s1. The van der Waals surface area contributed by atoms with Crippen molar-refractivity contribution in [1.29, 1.82) is 0 Å². The second-order valence-corrected chi connectivity index (χ2v) is 10.4. The van der Waals surface area contributed by atoms with Gasteiger partial charge in [0.1, 0.15) is 0 Å². The number of nitrogens with zero attached hydrogens (tertiary/aromatic N) is 3. The molecule has 0 bridgehead atoms. The third-order valence-corrected chi connectivity index (χ3v) is 8.13. The van der Waals surface area contributed by atoms with Gasteiger partial charge in [0.2, 0.25) is 0 Å². The highest BCUT2D eigenvalue weighted by molar-refractivity contribution is 6.30. The number of fused-ring (bicyclic) bond motifs is 2. The molecule has 3 aromatic carbocycles. The van der Waals surface area contributed by atoms with Gasteiger partial charge in [0, 0.05) is 56.3 Å². The van der Waals surface area contributed by atoms with Crippen LogP contribution in [0.15, 0.2) is 71.5 Å². The zero-order valence-corrected chi connectivity index (χ0v) is 20.8. The van der Waals surface area contributed by atoms with Crippen LogP contribution in [0.25, 0.3) is 11.0 Å². The SMILES string of the molecule is Cc1ccc([C@H]2C[C@H](N3CCN(CCn4c(=O)[nH]c5ccccc54)CC3)c3ccc(Cl)cc32)cc1. The van der Waals surface area contributed by atoms with Crippen LogP contribution < -0.4 is 5.69 Å². The summed E-state index contributed by atoms with van der Waals surface area (Å²) in [7, 11) is 0. The Labute approximate surface area is 210 Å². The molecule has 6 heteroatoms. The van der Waals surface area contributed by atoms with E-state index in [0.29, 0.717) is 18.5 Å². The lowest BCUT2D eigenvalue weighted by atomic mass is 9.92. The van der Waals surface area contributed by atoms with Crippen LogP contribution in [0.5, 0.6) is 0 Å². The van der Waals surface area contributed by atoms with E-state index in [0.717, 1.165) is 55.2 Å². The summed E-state index contributed by atoms with van der Waals surface area (Å²) in [6.45, 7) is 7.85. The van der Waals surface area contributed by atoms with Crippen LogP contribution in [0, 0.1) is 6.92 Å². The number of rotatable bonds is 5. The number of aromatic nitrogens is 2. The number of nitrogens with one attached hydrogen (secondary N) is 1. The van der Waals surface area contributed by atoms with Crippen molar-refractivity contribution >= 4 is 22.6 Å².